The van der Waals surface area contributed by atoms with Crippen LogP contribution in [-0.2, 0) is 11.8 Å². The molecule has 0 aliphatic carbocycles. The van der Waals surface area contributed by atoms with Crippen LogP contribution in [0.1, 0.15) is 53.4 Å². The van der Waals surface area contributed by atoms with Crippen molar-refractivity contribution in [2.24, 2.45) is 0 Å². The van der Waals surface area contributed by atoms with Crippen molar-refractivity contribution in [3.05, 3.63) is 0 Å². The molecular weight excluding hydrogens is 259 g/mol. The van der Waals surface area contributed by atoms with Crippen molar-refractivity contribution in [3.8, 4) is 0 Å². The molecule has 0 aromatic carbocycles. The third kappa shape index (κ3) is 3.12. The fraction of sp³-hybridized carbons (Fsp3) is 1.00. The summed E-state index contributed by atoms with van der Waals surface area (Å²) in [5.41, 5.74) is 0. The summed E-state index contributed by atoms with van der Waals surface area (Å²) in [5.74, 6) is 0. The van der Waals surface area contributed by atoms with E-state index in [-0.39, 0.29) is 0 Å². The van der Waals surface area contributed by atoms with Gasteiger partial charge in [0.2, 0.25) is 0 Å². The van der Waals surface area contributed by atoms with Crippen LogP contribution in [0, 0.1) is 0 Å². The lowest BCUT2D eigenvalue weighted by atomic mass is 10.1. The van der Waals surface area contributed by atoms with Gasteiger partial charge >= 0.3 is 0 Å². The lowest BCUT2D eigenvalue weighted by Gasteiger charge is -2.22. The van der Waals surface area contributed by atoms with Gasteiger partial charge in [0, 0.05) is 24.2 Å². The van der Waals surface area contributed by atoms with E-state index in [1.807, 2.05) is 0 Å². The smallest absolute Gasteiger partial charge is 0.0634 e. The highest BCUT2D eigenvalue weighted by Gasteiger charge is 2.53. The van der Waals surface area contributed by atoms with E-state index in [0.717, 1.165) is 31.5 Å². The summed E-state index contributed by atoms with van der Waals surface area (Å²) in [4.78, 5) is 5.40. The first-order valence-electron chi connectivity index (χ1n) is 7.43. The molecule has 2 aliphatic rings. The monoisotopic (exact) mass is 286 g/mol. The molecular formula is C14H27N2PS. The minimum Gasteiger partial charge on any atom is -0.279 e. The van der Waals surface area contributed by atoms with E-state index in [1.165, 1.54) is 31.8 Å². The zero-order chi connectivity index (χ0) is 13.3. The van der Waals surface area contributed by atoms with E-state index in [1.54, 1.807) is 0 Å². The molecule has 0 N–H and O–H groups in total. The van der Waals surface area contributed by atoms with Gasteiger partial charge in [0.1, 0.15) is 0 Å². The molecule has 0 spiro atoms. The molecule has 0 saturated carbocycles. The summed E-state index contributed by atoms with van der Waals surface area (Å²) >= 11 is 4.97. The van der Waals surface area contributed by atoms with E-state index in [0.29, 0.717) is 6.17 Å². The second kappa shape index (κ2) is 6.26. The number of hydrogen-bond acceptors (Lipinski definition) is 3. The average Bonchev–Trinajstić information content (AvgIpc) is 3.14. The summed E-state index contributed by atoms with van der Waals surface area (Å²) in [5, 5.41) is 0. The summed E-state index contributed by atoms with van der Waals surface area (Å²) in [6, 6.07) is 3.17. The van der Waals surface area contributed by atoms with Gasteiger partial charge in [0.25, 0.3) is 0 Å². The summed E-state index contributed by atoms with van der Waals surface area (Å²) in [6.45, 7) is 9.47. The predicted molar refractivity (Wildman–Crippen MR) is 82.9 cm³/mol. The molecule has 2 saturated heterocycles. The minimum absolute atomic E-state index is 0.709. The van der Waals surface area contributed by atoms with E-state index >= 15 is 0 Å². The van der Waals surface area contributed by atoms with Crippen molar-refractivity contribution in [3.63, 3.8) is 0 Å². The van der Waals surface area contributed by atoms with Crippen LogP contribution in [0.5, 0.6) is 0 Å². The molecule has 18 heavy (non-hydrogen) atoms. The number of unbranched alkanes of at least 4 members (excludes halogenated alkanes) is 2. The highest BCUT2D eigenvalue weighted by Crippen LogP contribution is 2.41. The number of rotatable bonds is 8. The van der Waals surface area contributed by atoms with Crippen molar-refractivity contribution in [2.75, 3.05) is 6.16 Å². The summed E-state index contributed by atoms with van der Waals surface area (Å²) in [7, 11) is 1.14. The first-order valence-corrected chi connectivity index (χ1v) is 9.53. The normalized spacial score (nSPS) is 44.0. The molecule has 0 aromatic heterocycles. The lowest BCUT2D eigenvalue weighted by molar-refractivity contribution is 0.186. The molecule has 2 aliphatic heterocycles. The summed E-state index contributed by atoms with van der Waals surface area (Å²) in [6.07, 6.45) is 7.29. The van der Waals surface area contributed by atoms with Crippen molar-refractivity contribution in [1.29, 1.82) is 0 Å². The number of nitrogens with zero attached hydrogens (tertiary/aromatic N) is 2. The highest BCUT2D eigenvalue weighted by molar-refractivity contribution is 7.96. The Hall–Kier alpha value is 0.440. The zero-order valence-corrected chi connectivity index (χ0v) is 13.9. The van der Waals surface area contributed by atoms with Crippen LogP contribution in [0.3, 0.4) is 0 Å². The highest BCUT2D eigenvalue weighted by atomic mass is 32.4. The Morgan fingerprint density at radius 2 is 1.39 bits per heavy atom. The number of hydrogen-bond donors (Lipinski definition) is 0. The van der Waals surface area contributed by atoms with E-state index < -0.39 is 0 Å². The first kappa shape index (κ1) is 14.8. The van der Waals surface area contributed by atoms with Crippen LogP contribution in [0.2, 0.25) is 0 Å². The first-order chi connectivity index (χ1) is 8.59. The van der Waals surface area contributed by atoms with Gasteiger partial charge in [-0.3, -0.25) is 9.80 Å². The Bertz CT molecular complexity index is 264. The molecule has 0 bridgehead atoms. The van der Waals surface area contributed by atoms with Gasteiger partial charge in [-0.15, -0.1) is 0 Å². The SMILES string of the molecule is CC1C(C)N1C(CCCCCP=S)N1C(C)C1C. The van der Waals surface area contributed by atoms with Gasteiger partial charge in [-0.25, -0.2) is 0 Å². The van der Waals surface area contributed by atoms with Gasteiger partial charge < -0.3 is 0 Å². The van der Waals surface area contributed by atoms with Crippen LogP contribution < -0.4 is 0 Å². The Balaban J connectivity index is 1.77. The molecule has 2 heterocycles. The molecule has 4 heteroatoms. The van der Waals surface area contributed by atoms with Gasteiger partial charge in [0.15, 0.2) is 0 Å². The molecule has 2 fully saturated rings. The molecule has 2 rings (SSSR count). The van der Waals surface area contributed by atoms with E-state index in [2.05, 4.69) is 37.5 Å². The van der Waals surface area contributed by atoms with Crippen molar-refractivity contribution in [1.82, 2.24) is 9.80 Å². The average molecular weight is 286 g/mol. The maximum atomic E-state index is 4.97. The fourth-order valence-corrected chi connectivity index (χ4v) is 4.02. The van der Waals surface area contributed by atoms with Crippen LogP contribution in [-0.4, -0.2) is 46.3 Å². The lowest BCUT2D eigenvalue weighted by Crippen LogP contribution is -2.31. The van der Waals surface area contributed by atoms with Gasteiger partial charge in [-0.05, 0) is 54.1 Å². The third-order valence-corrected chi connectivity index (χ3v) is 6.04. The Kier molecular flexibility index (Phi) is 5.16. The maximum Gasteiger partial charge on any atom is 0.0634 e. The van der Waals surface area contributed by atoms with Crippen molar-refractivity contribution in [2.45, 2.75) is 83.7 Å². The van der Waals surface area contributed by atoms with E-state index in [9.17, 15) is 0 Å². The van der Waals surface area contributed by atoms with E-state index in [4.69, 9.17) is 11.8 Å². The topological polar surface area (TPSA) is 6.02 Å². The Morgan fingerprint density at radius 1 is 0.889 bits per heavy atom. The second-order valence-corrected chi connectivity index (χ2v) is 7.52. The zero-order valence-electron chi connectivity index (χ0n) is 12.2. The Morgan fingerprint density at radius 3 is 1.78 bits per heavy atom. The van der Waals surface area contributed by atoms with Crippen LogP contribution >= 0.6 is 7.36 Å². The third-order valence-electron chi connectivity index (χ3n) is 5.00. The largest absolute Gasteiger partial charge is 0.279 e. The standard InChI is InChI=1S/C14H27N2PS/c1-10-11(2)15(10)14(16-12(3)13(16)4)8-6-5-7-9-17-18/h10-14H,5-9H2,1-4H3. The summed E-state index contributed by atoms with van der Waals surface area (Å²) < 4.78 is 0. The van der Waals surface area contributed by atoms with Crippen LogP contribution in [0.4, 0.5) is 0 Å². The van der Waals surface area contributed by atoms with Gasteiger partial charge in [-0.2, -0.15) is 0 Å². The molecule has 4 atom stereocenters. The molecule has 104 valence electrons. The van der Waals surface area contributed by atoms with Crippen LogP contribution in [0.15, 0.2) is 0 Å². The minimum atomic E-state index is 0.709. The molecule has 2 nitrogen and oxygen atoms in total. The molecule has 4 unspecified atom stereocenters. The second-order valence-electron chi connectivity index (χ2n) is 6.04. The quantitative estimate of drug-likeness (QED) is 0.383. The Labute approximate surface area is 119 Å². The van der Waals surface area contributed by atoms with Gasteiger partial charge in [0.05, 0.1) is 6.17 Å². The molecule has 0 amide bonds. The molecule has 0 aromatic rings. The maximum absolute atomic E-state index is 4.97. The van der Waals surface area contributed by atoms with Crippen molar-refractivity contribution < 1.29 is 0 Å². The molecule has 0 radical (unpaired) electrons. The van der Waals surface area contributed by atoms with Gasteiger partial charge in [-0.1, -0.05) is 24.6 Å². The predicted octanol–water partition coefficient (Wildman–Crippen LogP) is 3.47. The van der Waals surface area contributed by atoms with Crippen molar-refractivity contribution >= 4 is 19.2 Å². The fourth-order valence-electron chi connectivity index (χ4n) is 3.28. The van der Waals surface area contributed by atoms with Crippen LogP contribution in [0.25, 0.3) is 0 Å².